The monoisotopic (exact) mass is 370 g/mol. The average Bonchev–Trinajstić information content (AvgIpc) is 2.78. The van der Waals surface area contributed by atoms with Crippen LogP contribution in [0.15, 0.2) is 84.9 Å². The molecule has 0 amide bonds. The van der Waals surface area contributed by atoms with E-state index in [0.29, 0.717) is 11.7 Å². The number of aliphatic hydroxyl groups is 1. The third-order valence-corrected chi connectivity index (χ3v) is 5.22. The van der Waals surface area contributed by atoms with Crippen LogP contribution >= 0.6 is 0 Å². The van der Waals surface area contributed by atoms with E-state index in [0.717, 1.165) is 22.0 Å². The molecule has 4 nitrogen and oxygen atoms in total. The van der Waals surface area contributed by atoms with Gasteiger partial charge in [0.05, 0.1) is 23.9 Å². The zero-order chi connectivity index (χ0) is 19.6. The van der Waals surface area contributed by atoms with Gasteiger partial charge in [0, 0.05) is 0 Å². The minimum Gasteiger partial charge on any atom is -0.480 e. The van der Waals surface area contributed by atoms with Crippen molar-refractivity contribution in [2.75, 3.05) is 7.11 Å². The first kappa shape index (κ1) is 18.1. The van der Waals surface area contributed by atoms with E-state index in [4.69, 9.17) is 9.72 Å². The summed E-state index contributed by atoms with van der Waals surface area (Å²) in [5.41, 5.74) is 1.10. The second-order valence-corrected chi connectivity index (χ2v) is 6.83. The normalized spacial score (nSPS) is 12.7. The molecule has 1 heterocycles. The smallest absolute Gasteiger partial charge is 0.224 e. The van der Waals surface area contributed by atoms with Crippen LogP contribution in [-0.2, 0) is 5.60 Å². The number of hydrogen-bond donors (Lipinski definition) is 1. The van der Waals surface area contributed by atoms with Gasteiger partial charge in [-0.15, -0.1) is 0 Å². The molecule has 0 aliphatic carbocycles. The zero-order valence-corrected chi connectivity index (χ0v) is 15.9. The largest absolute Gasteiger partial charge is 0.480 e. The fourth-order valence-electron chi connectivity index (χ4n) is 3.65. The second-order valence-electron chi connectivity index (χ2n) is 6.83. The predicted molar refractivity (Wildman–Crippen MR) is 110 cm³/mol. The van der Waals surface area contributed by atoms with Crippen LogP contribution in [0.5, 0.6) is 5.88 Å². The maximum atomic E-state index is 12.0. The molecule has 0 fully saturated rings. The molecule has 4 aromatic rings. The summed E-state index contributed by atoms with van der Waals surface area (Å²) in [5, 5.41) is 12.8. The number of nitrogens with zero attached hydrogens (tertiary/aromatic N) is 2. The number of para-hydroxylation sites is 1. The number of hydrogen-bond acceptors (Lipinski definition) is 4. The van der Waals surface area contributed by atoms with Crippen LogP contribution in [-0.4, -0.2) is 22.2 Å². The van der Waals surface area contributed by atoms with Crippen molar-refractivity contribution >= 4 is 10.9 Å². The van der Waals surface area contributed by atoms with Gasteiger partial charge in [-0.25, -0.2) is 4.98 Å². The molecule has 0 radical (unpaired) electrons. The highest BCUT2D eigenvalue weighted by Crippen LogP contribution is 2.42. The maximum Gasteiger partial charge on any atom is 0.224 e. The van der Waals surface area contributed by atoms with Gasteiger partial charge in [0.15, 0.2) is 0 Å². The summed E-state index contributed by atoms with van der Waals surface area (Å²) < 4.78 is 5.51. The molecule has 1 N–H and O–H groups in total. The summed E-state index contributed by atoms with van der Waals surface area (Å²) in [6.45, 7) is 1.95. The molecule has 0 spiro atoms. The Morgan fingerprint density at radius 2 is 1.32 bits per heavy atom. The summed E-state index contributed by atoms with van der Waals surface area (Å²) in [6.07, 6.45) is 0. The standard InChI is InChI=1S/C24H22N2O2/c1-17(22-25-21-16-10-9-15-20(21)23(26-22)28-2)24(27,18-11-5-3-6-12-18)19-13-7-4-8-14-19/h3-17,27H,1-2H3. The Morgan fingerprint density at radius 1 is 0.786 bits per heavy atom. The Labute approximate surface area is 164 Å². The quantitative estimate of drug-likeness (QED) is 0.554. The molecule has 0 bridgehead atoms. The lowest BCUT2D eigenvalue weighted by Crippen LogP contribution is -2.34. The highest BCUT2D eigenvalue weighted by molar-refractivity contribution is 5.83. The van der Waals surface area contributed by atoms with Gasteiger partial charge < -0.3 is 9.84 Å². The molecule has 28 heavy (non-hydrogen) atoms. The lowest BCUT2D eigenvalue weighted by atomic mass is 9.76. The van der Waals surface area contributed by atoms with Gasteiger partial charge in [0.1, 0.15) is 11.4 Å². The highest BCUT2D eigenvalue weighted by Gasteiger charge is 2.40. The van der Waals surface area contributed by atoms with E-state index in [1.165, 1.54) is 0 Å². The number of fused-ring (bicyclic) bond motifs is 1. The SMILES string of the molecule is COc1nc(C(C)C(O)(c2ccccc2)c2ccccc2)nc2ccccc12. The molecular weight excluding hydrogens is 348 g/mol. The van der Waals surface area contributed by atoms with Crippen molar-refractivity contribution < 1.29 is 9.84 Å². The number of ether oxygens (including phenoxy) is 1. The average molecular weight is 370 g/mol. The second kappa shape index (κ2) is 7.41. The first-order valence-corrected chi connectivity index (χ1v) is 9.28. The van der Waals surface area contributed by atoms with E-state index in [9.17, 15) is 5.11 Å². The van der Waals surface area contributed by atoms with Crippen LogP contribution in [0.4, 0.5) is 0 Å². The van der Waals surface area contributed by atoms with Crippen LogP contribution in [0.25, 0.3) is 10.9 Å². The minimum atomic E-state index is -1.28. The lowest BCUT2D eigenvalue weighted by molar-refractivity contribution is 0.0525. The maximum absolute atomic E-state index is 12.0. The fraction of sp³-hybridized carbons (Fsp3) is 0.167. The van der Waals surface area contributed by atoms with E-state index in [1.54, 1.807) is 7.11 Å². The first-order chi connectivity index (χ1) is 13.6. The first-order valence-electron chi connectivity index (χ1n) is 9.28. The van der Waals surface area contributed by atoms with Crippen LogP contribution in [0.1, 0.15) is 29.8 Å². The molecule has 1 atom stereocenters. The van der Waals surface area contributed by atoms with Crippen molar-refractivity contribution in [3.8, 4) is 5.88 Å². The third kappa shape index (κ3) is 3.02. The molecule has 0 saturated carbocycles. The molecule has 4 rings (SSSR count). The molecule has 1 aromatic heterocycles. The van der Waals surface area contributed by atoms with Gasteiger partial charge in [-0.05, 0) is 23.3 Å². The molecule has 4 heteroatoms. The Kier molecular flexibility index (Phi) is 4.80. The summed E-state index contributed by atoms with van der Waals surface area (Å²) in [4.78, 5) is 9.39. The molecule has 0 saturated heterocycles. The predicted octanol–water partition coefficient (Wildman–Crippen LogP) is 4.68. The Morgan fingerprint density at radius 3 is 1.89 bits per heavy atom. The Balaban J connectivity index is 1.92. The molecular formula is C24H22N2O2. The topological polar surface area (TPSA) is 55.2 Å². The fourth-order valence-corrected chi connectivity index (χ4v) is 3.65. The molecule has 140 valence electrons. The van der Waals surface area contributed by atoms with Crippen molar-refractivity contribution in [2.45, 2.75) is 18.4 Å². The number of rotatable bonds is 5. The van der Waals surface area contributed by atoms with Crippen LogP contribution in [0.2, 0.25) is 0 Å². The molecule has 0 aliphatic rings. The van der Waals surface area contributed by atoms with E-state index in [1.807, 2.05) is 91.9 Å². The van der Waals surface area contributed by atoms with Crippen LogP contribution in [0.3, 0.4) is 0 Å². The van der Waals surface area contributed by atoms with Crippen molar-refractivity contribution in [3.05, 3.63) is 102 Å². The third-order valence-electron chi connectivity index (χ3n) is 5.22. The lowest BCUT2D eigenvalue weighted by Gasteiger charge is -2.34. The van der Waals surface area contributed by atoms with Crippen molar-refractivity contribution in [2.24, 2.45) is 0 Å². The van der Waals surface area contributed by atoms with Gasteiger partial charge >= 0.3 is 0 Å². The van der Waals surface area contributed by atoms with Gasteiger partial charge in [0.2, 0.25) is 5.88 Å². The summed E-state index contributed by atoms with van der Waals surface area (Å²) in [7, 11) is 1.60. The minimum absolute atomic E-state index is 0.407. The van der Waals surface area contributed by atoms with Crippen molar-refractivity contribution in [3.63, 3.8) is 0 Å². The Bertz CT molecular complexity index is 1040. The van der Waals surface area contributed by atoms with Crippen molar-refractivity contribution in [1.29, 1.82) is 0 Å². The van der Waals surface area contributed by atoms with Gasteiger partial charge in [-0.1, -0.05) is 79.7 Å². The van der Waals surface area contributed by atoms with Crippen molar-refractivity contribution in [1.82, 2.24) is 9.97 Å². The van der Waals surface area contributed by atoms with Gasteiger partial charge in [-0.2, -0.15) is 4.98 Å². The van der Waals surface area contributed by atoms with Gasteiger partial charge in [-0.3, -0.25) is 0 Å². The van der Waals surface area contributed by atoms with E-state index >= 15 is 0 Å². The summed E-state index contributed by atoms with van der Waals surface area (Å²) in [6, 6.07) is 27.1. The van der Waals surface area contributed by atoms with E-state index < -0.39 is 11.5 Å². The number of aromatic nitrogens is 2. The molecule has 0 aliphatic heterocycles. The summed E-state index contributed by atoms with van der Waals surface area (Å²) in [5.74, 6) is 0.637. The van der Waals surface area contributed by atoms with E-state index in [-0.39, 0.29) is 0 Å². The summed E-state index contributed by atoms with van der Waals surface area (Å²) >= 11 is 0. The highest BCUT2D eigenvalue weighted by atomic mass is 16.5. The zero-order valence-electron chi connectivity index (χ0n) is 15.9. The Hall–Kier alpha value is -3.24. The van der Waals surface area contributed by atoms with Crippen LogP contribution in [0, 0.1) is 0 Å². The number of methoxy groups -OCH3 is 1. The van der Waals surface area contributed by atoms with E-state index in [2.05, 4.69) is 4.98 Å². The molecule has 3 aromatic carbocycles. The number of benzene rings is 3. The molecule has 1 unspecified atom stereocenters. The van der Waals surface area contributed by atoms with Crippen LogP contribution < -0.4 is 4.74 Å². The van der Waals surface area contributed by atoms with Gasteiger partial charge in [0.25, 0.3) is 0 Å².